The molecular weight excluding hydrogens is 368 g/mol. The van der Waals surface area contributed by atoms with Gasteiger partial charge in [-0.3, -0.25) is 9.59 Å². The SMILES string of the molecule is O=C1c2ccccc2C(=O)c2c1oc1ccc3cc(Br)ccc3c21. The molecule has 4 aromatic rings. The summed E-state index contributed by atoms with van der Waals surface area (Å²) in [6, 6.07) is 16.5. The molecule has 1 aliphatic carbocycles. The zero-order chi connectivity index (χ0) is 16.4. The average molecular weight is 377 g/mol. The smallest absolute Gasteiger partial charge is 0.229 e. The molecule has 0 atom stereocenters. The first-order valence-corrected chi connectivity index (χ1v) is 8.27. The molecule has 0 amide bonds. The number of benzene rings is 3. The van der Waals surface area contributed by atoms with E-state index in [0.29, 0.717) is 27.7 Å². The fraction of sp³-hybridized carbons (Fsp3) is 0. The highest BCUT2D eigenvalue weighted by Gasteiger charge is 2.35. The highest BCUT2D eigenvalue weighted by molar-refractivity contribution is 9.10. The van der Waals surface area contributed by atoms with Gasteiger partial charge >= 0.3 is 0 Å². The summed E-state index contributed by atoms with van der Waals surface area (Å²) in [6.45, 7) is 0. The predicted octanol–water partition coefficient (Wildman–Crippen LogP) is 5.12. The third-order valence-electron chi connectivity index (χ3n) is 4.48. The second-order valence-electron chi connectivity index (χ2n) is 5.81. The second-order valence-corrected chi connectivity index (χ2v) is 6.73. The number of rotatable bonds is 0. The van der Waals surface area contributed by atoms with Crippen LogP contribution < -0.4 is 0 Å². The van der Waals surface area contributed by atoms with Crippen molar-refractivity contribution in [1.29, 1.82) is 0 Å². The van der Waals surface area contributed by atoms with E-state index in [1.807, 2.05) is 30.3 Å². The lowest BCUT2D eigenvalue weighted by Gasteiger charge is -2.13. The third-order valence-corrected chi connectivity index (χ3v) is 4.98. The van der Waals surface area contributed by atoms with Crippen LogP contribution in [0.15, 0.2) is 63.5 Å². The van der Waals surface area contributed by atoms with E-state index in [-0.39, 0.29) is 17.3 Å². The van der Waals surface area contributed by atoms with Crippen molar-refractivity contribution in [2.75, 3.05) is 0 Å². The summed E-state index contributed by atoms with van der Waals surface area (Å²) < 4.78 is 6.74. The Morgan fingerprint density at radius 3 is 2.38 bits per heavy atom. The zero-order valence-corrected chi connectivity index (χ0v) is 13.9. The van der Waals surface area contributed by atoms with Crippen molar-refractivity contribution in [3.8, 4) is 0 Å². The minimum absolute atomic E-state index is 0.143. The minimum Gasteiger partial charge on any atom is -0.452 e. The Morgan fingerprint density at radius 1 is 0.833 bits per heavy atom. The molecule has 4 heteroatoms. The first-order valence-electron chi connectivity index (χ1n) is 7.48. The standard InChI is InChI=1S/C20H9BrO3/c21-11-6-7-12-10(9-11)5-8-15-16(12)17-18(22)13-3-1-2-4-14(13)19(23)20(17)24-15/h1-9H. The van der Waals surface area contributed by atoms with Gasteiger partial charge in [0.15, 0.2) is 11.5 Å². The zero-order valence-electron chi connectivity index (χ0n) is 12.3. The number of hydrogen-bond acceptors (Lipinski definition) is 3. The number of hydrogen-bond donors (Lipinski definition) is 0. The van der Waals surface area contributed by atoms with Crippen molar-refractivity contribution >= 4 is 49.2 Å². The Kier molecular flexibility index (Phi) is 2.65. The van der Waals surface area contributed by atoms with E-state index in [1.165, 1.54) is 0 Å². The highest BCUT2D eigenvalue weighted by atomic mass is 79.9. The number of halogens is 1. The third kappa shape index (κ3) is 1.66. The largest absolute Gasteiger partial charge is 0.452 e. The lowest BCUT2D eigenvalue weighted by atomic mass is 9.86. The van der Waals surface area contributed by atoms with E-state index in [9.17, 15) is 9.59 Å². The van der Waals surface area contributed by atoms with Crippen LogP contribution in [0.25, 0.3) is 21.7 Å². The maximum Gasteiger partial charge on any atom is 0.229 e. The normalized spacial score (nSPS) is 13.4. The molecule has 3 nitrogen and oxygen atoms in total. The van der Waals surface area contributed by atoms with Crippen LogP contribution in [0, 0.1) is 0 Å². The number of ketones is 2. The molecular formula is C20H9BrO3. The van der Waals surface area contributed by atoms with Gasteiger partial charge in [0.2, 0.25) is 5.78 Å². The number of carbonyl (C=O) groups excluding carboxylic acids is 2. The molecule has 0 radical (unpaired) electrons. The predicted molar refractivity (Wildman–Crippen MR) is 94.7 cm³/mol. The Labute approximate surface area is 145 Å². The van der Waals surface area contributed by atoms with Gasteiger partial charge in [-0.25, -0.2) is 0 Å². The lowest BCUT2D eigenvalue weighted by molar-refractivity contribution is 0.0962. The molecule has 0 saturated carbocycles. The van der Waals surface area contributed by atoms with E-state index in [0.717, 1.165) is 15.2 Å². The molecule has 1 aromatic heterocycles. The van der Waals surface area contributed by atoms with Crippen LogP contribution in [0.2, 0.25) is 0 Å². The van der Waals surface area contributed by atoms with Crippen LogP contribution in [0.3, 0.4) is 0 Å². The fourth-order valence-electron chi connectivity index (χ4n) is 3.41. The van der Waals surface area contributed by atoms with Gasteiger partial charge in [0, 0.05) is 21.0 Å². The molecule has 0 N–H and O–H groups in total. The summed E-state index contributed by atoms with van der Waals surface area (Å²) in [5.41, 5.74) is 1.78. The van der Waals surface area contributed by atoms with Gasteiger partial charge in [-0.15, -0.1) is 0 Å². The Balaban J connectivity index is 1.95. The summed E-state index contributed by atoms with van der Waals surface area (Å²) in [7, 11) is 0. The summed E-state index contributed by atoms with van der Waals surface area (Å²) in [6.07, 6.45) is 0. The van der Waals surface area contributed by atoms with E-state index in [2.05, 4.69) is 15.9 Å². The molecule has 0 unspecified atom stereocenters. The molecule has 0 aliphatic heterocycles. The Bertz CT molecular complexity index is 1200. The Morgan fingerprint density at radius 2 is 1.58 bits per heavy atom. The molecule has 1 aliphatic rings. The monoisotopic (exact) mass is 376 g/mol. The van der Waals surface area contributed by atoms with E-state index in [4.69, 9.17) is 4.42 Å². The number of carbonyl (C=O) groups is 2. The maximum atomic E-state index is 13.0. The molecule has 0 fully saturated rings. The molecule has 0 bridgehead atoms. The first kappa shape index (κ1) is 13.7. The molecule has 24 heavy (non-hydrogen) atoms. The topological polar surface area (TPSA) is 47.3 Å². The van der Waals surface area contributed by atoms with Crippen LogP contribution in [0.5, 0.6) is 0 Å². The summed E-state index contributed by atoms with van der Waals surface area (Å²) in [5, 5.41) is 2.60. The van der Waals surface area contributed by atoms with Crippen molar-refractivity contribution in [3.63, 3.8) is 0 Å². The minimum atomic E-state index is -0.235. The quantitative estimate of drug-likeness (QED) is 0.376. The van der Waals surface area contributed by atoms with Crippen molar-refractivity contribution < 1.29 is 14.0 Å². The van der Waals surface area contributed by atoms with Crippen LogP contribution in [0.1, 0.15) is 32.0 Å². The first-order chi connectivity index (χ1) is 11.6. The van der Waals surface area contributed by atoms with Crippen molar-refractivity contribution in [3.05, 3.63) is 81.5 Å². The van der Waals surface area contributed by atoms with Gasteiger partial charge in [-0.05, 0) is 29.0 Å². The number of furan rings is 1. The molecule has 0 saturated heterocycles. The molecule has 1 heterocycles. The van der Waals surface area contributed by atoms with Gasteiger partial charge in [0.1, 0.15) is 5.58 Å². The molecule has 0 spiro atoms. The van der Waals surface area contributed by atoms with Gasteiger partial charge in [0.05, 0.1) is 5.56 Å². The average Bonchev–Trinajstić information content (AvgIpc) is 3.00. The van der Waals surface area contributed by atoms with Crippen LogP contribution >= 0.6 is 15.9 Å². The summed E-state index contributed by atoms with van der Waals surface area (Å²) >= 11 is 3.46. The fourth-order valence-corrected chi connectivity index (χ4v) is 3.79. The van der Waals surface area contributed by atoms with Crippen LogP contribution in [-0.2, 0) is 0 Å². The van der Waals surface area contributed by atoms with Gasteiger partial charge in [0.25, 0.3) is 0 Å². The second kappa shape index (κ2) is 4.65. The highest BCUT2D eigenvalue weighted by Crippen LogP contribution is 2.38. The Hall–Kier alpha value is -2.72. The molecule has 114 valence electrons. The molecule has 5 rings (SSSR count). The van der Waals surface area contributed by atoms with Gasteiger partial charge in [-0.2, -0.15) is 0 Å². The van der Waals surface area contributed by atoms with Crippen molar-refractivity contribution in [2.24, 2.45) is 0 Å². The molecule has 3 aromatic carbocycles. The lowest BCUT2D eigenvalue weighted by Crippen LogP contribution is -2.19. The van der Waals surface area contributed by atoms with E-state index in [1.54, 1.807) is 24.3 Å². The van der Waals surface area contributed by atoms with E-state index < -0.39 is 0 Å². The van der Waals surface area contributed by atoms with Crippen LogP contribution in [0.4, 0.5) is 0 Å². The van der Waals surface area contributed by atoms with Gasteiger partial charge < -0.3 is 4.42 Å². The van der Waals surface area contributed by atoms with E-state index >= 15 is 0 Å². The summed E-state index contributed by atoms with van der Waals surface area (Å²) in [5.74, 6) is -0.250. The summed E-state index contributed by atoms with van der Waals surface area (Å²) in [4.78, 5) is 25.8. The maximum absolute atomic E-state index is 13.0. The van der Waals surface area contributed by atoms with Crippen LogP contribution in [-0.4, -0.2) is 11.6 Å². The van der Waals surface area contributed by atoms with Gasteiger partial charge in [-0.1, -0.05) is 52.3 Å². The van der Waals surface area contributed by atoms with Crippen molar-refractivity contribution in [1.82, 2.24) is 0 Å². The number of fused-ring (bicyclic) bond motifs is 6. The van der Waals surface area contributed by atoms with Crippen molar-refractivity contribution in [2.45, 2.75) is 0 Å².